The molecule has 1 heterocycles. The molecule has 16 heavy (non-hydrogen) atoms. The van der Waals surface area contributed by atoms with Crippen LogP contribution in [0, 0.1) is 5.92 Å². The maximum Gasteiger partial charge on any atom is 0.182 e. The second-order valence-corrected chi connectivity index (χ2v) is 5.67. The number of hydrogen-bond donors (Lipinski definition) is 2. The van der Waals surface area contributed by atoms with Crippen molar-refractivity contribution in [3.05, 3.63) is 11.1 Å². The van der Waals surface area contributed by atoms with Gasteiger partial charge >= 0.3 is 0 Å². The van der Waals surface area contributed by atoms with E-state index < -0.39 is 0 Å². The molecule has 0 amide bonds. The van der Waals surface area contributed by atoms with Crippen LogP contribution in [0.5, 0.6) is 0 Å². The van der Waals surface area contributed by atoms with Crippen LogP contribution >= 0.6 is 11.3 Å². The van der Waals surface area contributed by atoms with Crippen molar-refractivity contribution in [2.75, 3.05) is 11.9 Å². The maximum absolute atomic E-state index is 5.55. The number of nitrogens with two attached hydrogens (primary N) is 1. The number of anilines is 1. The van der Waals surface area contributed by atoms with Crippen molar-refractivity contribution in [2.24, 2.45) is 11.7 Å². The van der Waals surface area contributed by atoms with Crippen molar-refractivity contribution in [3.63, 3.8) is 0 Å². The highest BCUT2D eigenvalue weighted by Crippen LogP contribution is 2.26. The molecule has 1 saturated carbocycles. The third-order valence-corrected chi connectivity index (χ3v) is 4.29. The molecule has 0 saturated heterocycles. The molecule has 0 radical (unpaired) electrons. The summed E-state index contributed by atoms with van der Waals surface area (Å²) in [5.74, 6) is 0.940. The lowest BCUT2D eigenvalue weighted by atomic mass is 9.87. The first-order chi connectivity index (χ1) is 7.88. The monoisotopic (exact) mass is 239 g/mol. The fraction of sp³-hybridized carbons (Fsp3) is 0.750. The van der Waals surface area contributed by atoms with E-state index in [9.17, 15) is 0 Å². The first-order valence-electron chi connectivity index (χ1n) is 6.27. The van der Waals surface area contributed by atoms with E-state index >= 15 is 0 Å². The van der Waals surface area contributed by atoms with Gasteiger partial charge in [-0.2, -0.15) is 0 Å². The summed E-state index contributed by atoms with van der Waals surface area (Å²) < 4.78 is 0. The molecule has 0 spiro atoms. The van der Waals surface area contributed by atoms with Gasteiger partial charge in [-0.1, -0.05) is 32.1 Å². The zero-order chi connectivity index (χ0) is 11.2. The third kappa shape index (κ3) is 3.46. The van der Waals surface area contributed by atoms with Gasteiger partial charge in [0.15, 0.2) is 5.13 Å². The molecular weight excluding hydrogens is 218 g/mol. The molecular formula is C12H21N3S. The quantitative estimate of drug-likeness (QED) is 0.830. The van der Waals surface area contributed by atoms with Crippen LogP contribution in [0.1, 0.15) is 43.4 Å². The number of aromatic nitrogens is 1. The normalized spacial score (nSPS) is 17.6. The molecule has 1 aromatic heterocycles. The fourth-order valence-corrected chi connectivity index (χ4v) is 3.06. The van der Waals surface area contributed by atoms with E-state index in [0.717, 1.165) is 22.5 Å². The molecule has 0 unspecified atom stereocenters. The van der Waals surface area contributed by atoms with Crippen molar-refractivity contribution >= 4 is 16.5 Å². The van der Waals surface area contributed by atoms with Gasteiger partial charge in [0, 0.05) is 24.2 Å². The van der Waals surface area contributed by atoms with Crippen molar-refractivity contribution in [1.82, 2.24) is 4.98 Å². The third-order valence-electron chi connectivity index (χ3n) is 3.31. The fourth-order valence-electron chi connectivity index (χ4n) is 2.34. The predicted octanol–water partition coefficient (Wildman–Crippen LogP) is 2.98. The highest BCUT2D eigenvalue weighted by molar-refractivity contribution is 7.15. The lowest BCUT2D eigenvalue weighted by Gasteiger charge is -2.21. The van der Waals surface area contributed by atoms with Crippen LogP contribution in [0.3, 0.4) is 0 Å². The Hall–Kier alpha value is -0.610. The van der Waals surface area contributed by atoms with Gasteiger partial charge in [0.05, 0.1) is 0 Å². The Morgan fingerprint density at radius 3 is 2.88 bits per heavy atom. The van der Waals surface area contributed by atoms with Gasteiger partial charge in [0.25, 0.3) is 0 Å². The molecule has 1 aliphatic carbocycles. The number of thiazole rings is 1. The molecule has 1 fully saturated rings. The number of nitrogens with zero attached hydrogens (tertiary/aromatic N) is 1. The summed E-state index contributed by atoms with van der Waals surface area (Å²) in [7, 11) is 0. The highest BCUT2D eigenvalue weighted by Gasteiger charge is 2.12. The first-order valence-corrected chi connectivity index (χ1v) is 7.09. The molecule has 0 aliphatic heterocycles. The molecule has 0 aromatic carbocycles. The summed E-state index contributed by atoms with van der Waals surface area (Å²) in [5.41, 5.74) is 5.55. The van der Waals surface area contributed by atoms with Crippen molar-refractivity contribution in [2.45, 2.75) is 45.1 Å². The number of nitrogens with one attached hydrogen (secondary N) is 1. The minimum absolute atomic E-state index is 0.599. The van der Waals surface area contributed by atoms with E-state index in [2.05, 4.69) is 10.3 Å². The molecule has 0 atom stereocenters. The van der Waals surface area contributed by atoms with Gasteiger partial charge in [-0.3, -0.25) is 0 Å². The number of rotatable bonds is 5. The van der Waals surface area contributed by atoms with Gasteiger partial charge in [0.1, 0.15) is 0 Å². The van der Waals surface area contributed by atoms with Gasteiger partial charge in [-0.05, 0) is 12.3 Å². The average Bonchev–Trinajstić information content (AvgIpc) is 2.78. The van der Waals surface area contributed by atoms with Gasteiger partial charge in [-0.25, -0.2) is 4.98 Å². The Morgan fingerprint density at radius 1 is 1.38 bits per heavy atom. The van der Waals surface area contributed by atoms with Gasteiger partial charge in [0.2, 0.25) is 0 Å². The maximum atomic E-state index is 5.55. The molecule has 4 heteroatoms. The predicted molar refractivity (Wildman–Crippen MR) is 69.7 cm³/mol. The topological polar surface area (TPSA) is 50.9 Å². The smallest absolute Gasteiger partial charge is 0.182 e. The Kier molecular flexibility index (Phi) is 4.60. The van der Waals surface area contributed by atoms with E-state index in [1.807, 2.05) is 6.20 Å². The molecule has 0 bridgehead atoms. The standard InChI is InChI=1S/C12H21N3S/c13-8-11-9-15-12(16-11)14-7-6-10-4-2-1-3-5-10/h9-10H,1-8,13H2,(H,14,15). The van der Waals surface area contributed by atoms with E-state index in [1.165, 1.54) is 38.5 Å². The second kappa shape index (κ2) is 6.21. The average molecular weight is 239 g/mol. The molecule has 1 aromatic rings. The van der Waals surface area contributed by atoms with E-state index in [-0.39, 0.29) is 0 Å². The Labute approximate surface area is 101 Å². The summed E-state index contributed by atoms with van der Waals surface area (Å²) in [5, 5.41) is 4.42. The zero-order valence-electron chi connectivity index (χ0n) is 9.74. The summed E-state index contributed by atoms with van der Waals surface area (Å²) in [6.07, 6.45) is 10.3. The summed E-state index contributed by atoms with van der Waals surface area (Å²) in [6, 6.07) is 0. The summed E-state index contributed by atoms with van der Waals surface area (Å²) in [4.78, 5) is 5.45. The van der Waals surface area contributed by atoms with Crippen LogP contribution in [-0.4, -0.2) is 11.5 Å². The lowest BCUT2D eigenvalue weighted by Crippen LogP contribution is -2.11. The van der Waals surface area contributed by atoms with Gasteiger partial charge in [-0.15, -0.1) is 11.3 Å². The van der Waals surface area contributed by atoms with E-state index in [4.69, 9.17) is 5.73 Å². The Balaban J connectivity index is 1.66. The minimum atomic E-state index is 0.599. The number of hydrogen-bond acceptors (Lipinski definition) is 4. The van der Waals surface area contributed by atoms with Crippen LogP contribution in [0.4, 0.5) is 5.13 Å². The molecule has 90 valence electrons. The first kappa shape index (κ1) is 11.9. The Bertz CT molecular complexity index is 305. The van der Waals surface area contributed by atoms with E-state index in [1.54, 1.807) is 11.3 Å². The van der Waals surface area contributed by atoms with E-state index in [0.29, 0.717) is 6.54 Å². The largest absolute Gasteiger partial charge is 0.362 e. The van der Waals surface area contributed by atoms with Crippen molar-refractivity contribution in [1.29, 1.82) is 0 Å². The summed E-state index contributed by atoms with van der Waals surface area (Å²) >= 11 is 1.67. The van der Waals surface area contributed by atoms with Crippen LogP contribution < -0.4 is 11.1 Å². The van der Waals surface area contributed by atoms with Crippen molar-refractivity contribution in [3.8, 4) is 0 Å². The Morgan fingerprint density at radius 2 is 2.19 bits per heavy atom. The van der Waals surface area contributed by atoms with Crippen LogP contribution in [0.2, 0.25) is 0 Å². The molecule has 2 rings (SSSR count). The lowest BCUT2D eigenvalue weighted by molar-refractivity contribution is 0.345. The summed E-state index contributed by atoms with van der Waals surface area (Å²) in [6.45, 7) is 1.66. The molecule has 3 N–H and O–H groups in total. The molecule has 1 aliphatic rings. The zero-order valence-corrected chi connectivity index (χ0v) is 10.6. The second-order valence-electron chi connectivity index (χ2n) is 4.56. The van der Waals surface area contributed by atoms with Gasteiger partial charge < -0.3 is 11.1 Å². The van der Waals surface area contributed by atoms with Crippen LogP contribution in [-0.2, 0) is 6.54 Å². The SMILES string of the molecule is NCc1cnc(NCCC2CCCCC2)s1. The van der Waals surface area contributed by atoms with Crippen molar-refractivity contribution < 1.29 is 0 Å². The highest BCUT2D eigenvalue weighted by atomic mass is 32.1. The minimum Gasteiger partial charge on any atom is -0.362 e. The van der Waals surface area contributed by atoms with Crippen LogP contribution in [0.25, 0.3) is 0 Å². The van der Waals surface area contributed by atoms with Crippen LogP contribution in [0.15, 0.2) is 6.20 Å². The molecule has 3 nitrogen and oxygen atoms in total.